The number of hydrogen-bond acceptors (Lipinski definition) is 5. The van der Waals surface area contributed by atoms with Crippen LogP contribution >= 0.6 is 0 Å². The van der Waals surface area contributed by atoms with Crippen LogP contribution in [0.25, 0.3) is 0 Å². The highest BCUT2D eigenvalue weighted by Crippen LogP contribution is 2.17. The van der Waals surface area contributed by atoms with Gasteiger partial charge in [-0.1, -0.05) is 0 Å². The largest absolute Gasteiger partial charge is 0.341 e. The number of fused-ring (bicyclic) bond motifs is 1. The summed E-state index contributed by atoms with van der Waals surface area (Å²) < 4.78 is 25.1. The first-order valence-electron chi connectivity index (χ1n) is 7.13. The predicted octanol–water partition coefficient (Wildman–Crippen LogP) is -0.656. The number of hydrogen-bond donors (Lipinski definition) is 0. The molecule has 1 amide bonds. The van der Waals surface area contributed by atoms with Gasteiger partial charge in [0.2, 0.25) is 5.91 Å². The number of sulfone groups is 1. The highest BCUT2D eigenvalue weighted by atomic mass is 32.2. The number of imidazole rings is 1. The molecule has 0 unspecified atom stereocenters. The average molecular weight is 312 g/mol. The molecule has 1 fully saturated rings. The first kappa shape index (κ1) is 14.5. The van der Waals surface area contributed by atoms with Gasteiger partial charge in [0, 0.05) is 38.6 Å². The summed E-state index contributed by atoms with van der Waals surface area (Å²) in [6, 6.07) is -0.172. The fourth-order valence-corrected chi connectivity index (χ4v) is 4.72. The molecule has 7 nitrogen and oxygen atoms in total. The van der Waals surface area contributed by atoms with Gasteiger partial charge >= 0.3 is 0 Å². The summed E-state index contributed by atoms with van der Waals surface area (Å²) >= 11 is 0. The Labute approximate surface area is 124 Å². The van der Waals surface area contributed by atoms with Crippen LogP contribution in [0.3, 0.4) is 0 Å². The molecule has 0 radical (unpaired) electrons. The number of amides is 1. The summed E-state index contributed by atoms with van der Waals surface area (Å²) in [7, 11) is -1.25. The molecule has 2 aliphatic heterocycles. The summed E-state index contributed by atoms with van der Waals surface area (Å²) in [5.74, 6) is 1.24. The summed E-state index contributed by atoms with van der Waals surface area (Å²) in [5, 5.41) is 0. The Morgan fingerprint density at radius 2 is 2.29 bits per heavy atom. The fraction of sp³-hybridized carbons (Fsp3) is 0.692. The third-order valence-electron chi connectivity index (χ3n) is 4.33. The Balaban J connectivity index is 1.57. The van der Waals surface area contributed by atoms with Crippen molar-refractivity contribution in [2.75, 3.05) is 31.6 Å². The van der Waals surface area contributed by atoms with E-state index < -0.39 is 9.84 Å². The molecule has 116 valence electrons. The lowest BCUT2D eigenvalue weighted by molar-refractivity contribution is -0.133. The van der Waals surface area contributed by atoms with Crippen LogP contribution in [0.2, 0.25) is 0 Å². The summed E-state index contributed by atoms with van der Waals surface area (Å²) in [6.07, 6.45) is 4.27. The summed E-state index contributed by atoms with van der Waals surface area (Å²) in [4.78, 5) is 20.3. The van der Waals surface area contributed by atoms with Crippen LogP contribution in [-0.4, -0.2) is 71.4 Å². The monoisotopic (exact) mass is 312 g/mol. The van der Waals surface area contributed by atoms with E-state index in [0.29, 0.717) is 19.5 Å². The zero-order valence-corrected chi connectivity index (χ0v) is 12.9. The van der Waals surface area contributed by atoms with E-state index >= 15 is 0 Å². The van der Waals surface area contributed by atoms with E-state index in [1.54, 1.807) is 18.1 Å². The molecule has 3 heterocycles. The average Bonchev–Trinajstić information content (AvgIpc) is 3.03. The Morgan fingerprint density at radius 3 is 3.00 bits per heavy atom. The van der Waals surface area contributed by atoms with Gasteiger partial charge < -0.3 is 9.47 Å². The topological polar surface area (TPSA) is 75.5 Å². The molecule has 1 atom stereocenters. The second kappa shape index (κ2) is 5.42. The lowest BCUT2D eigenvalue weighted by atomic mass is 10.2. The van der Waals surface area contributed by atoms with Crippen molar-refractivity contribution in [2.45, 2.75) is 25.6 Å². The first-order chi connectivity index (χ1) is 9.94. The SMILES string of the molecule is CN(C(=O)CN1CCn2ccnc2C1)[C@H]1CCS(=O)(=O)C1. The van der Waals surface area contributed by atoms with Crippen molar-refractivity contribution in [3.8, 4) is 0 Å². The molecule has 0 aromatic carbocycles. The Kier molecular flexibility index (Phi) is 3.75. The van der Waals surface area contributed by atoms with E-state index in [1.807, 2.05) is 6.20 Å². The molecule has 0 bridgehead atoms. The third kappa shape index (κ3) is 3.11. The van der Waals surface area contributed by atoms with E-state index in [0.717, 1.165) is 18.9 Å². The van der Waals surface area contributed by atoms with Gasteiger partial charge in [0.05, 0.1) is 24.6 Å². The molecular formula is C13H20N4O3S. The highest BCUT2D eigenvalue weighted by Gasteiger charge is 2.33. The molecule has 0 aliphatic carbocycles. The highest BCUT2D eigenvalue weighted by molar-refractivity contribution is 7.91. The van der Waals surface area contributed by atoms with Crippen LogP contribution in [0.1, 0.15) is 12.2 Å². The number of rotatable bonds is 3. The van der Waals surface area contributed by atoms with Gasteiger partial charge in [-0.15, -0.1) is 0 Å². The minimum Gasteiger partial charge on any atom is -0.341 e. The van der Waals surface area contributed by atoms with Gasteiger partial charge in [0.15, 0.2) is 9.84 Å². The molecule has 21 heavy (non-hydrogen) atoms. The molecular weight excluding hydrogens is 292 g/mol. The molecule has 0 saturated carbocycles. The molecule has 0 spiro atoms. The maximum Gasteiger partial charge on any atom is 0.236 e. The van der Waals surface area contributed by atoms with Crippen LogP contribution in [0.15, 0.2) is 12.4 Å². The Bertz CT molecular complexity index is 640. The van der Waals surface area contributed by atoms with Gasteiger partial charge in [-0.25, -0.2) is 13.4 Å². The number of carbonyl (C=O) groups excluding carboxylic acids is 1. The van der Waals surface area contributed by atoms with Crippen LogP contribution in [0.4, 0.5) is 0 Å². The van der Waals surface area contributed by atoms with Crippen molar-refractivity contribution in [1.82, 2.24) is 19.4 Å². The Morgan fingerprint density at radius 1 is 1.48 bits per heavy atom. The minimum absolute atomic E-state index is 0.0166. The standard InChI is InChI=1S/C13H20N4O3S/c1-15(11-2-7-21(19,20)10-11)13(18)9-16-5-6-17-4-3-14-12(17)8-16/h3-4,11H,2,5-10H2,1H3/t11-/m0/s1. The van der Waals surface area contributed by atoms with Crippen molar-refractivity contribution in [3.05, 3.63) is 18.2 Å². The van der Waals surface area contributed by atoms with E-state index in [4.69, 9.17) is 0 Å². The third-order valence-corrected chi connectivity index (χ3v) is 6.08. The van der Waals surface area contributed by atoms with Crippen molar-refractivity contribution < 1.29 is 13.2 Å². The maximum absolute atomic E-state index is 12.3. The van der Waals surface area contributed by atoms with Crippen LogP contribution in [0, 0.1) is 0 Å². The van der Waals surface area contributed by atoms with Crippen molar-refractivity contribution in [2.24, 2.45) is 0 Å². The second-order valence-electron chi connectivity index (χ2n) is 5.81. The molecule has 8 heteroatoms. The molecule has 0 N–H and O–H groups in total. The number of likely N-dealkylation sites (N-methyl/N-ethyl adjacent to an activating group) is 1. The fourth-order valence-electron chi connectivity index (χ4n) is 2.95. The predicted molar refractivity (Wildman–Crippen MR) is 77.3 cm³/mol. The first-order valence-corrected chi connectivity index (χ1v) is 8.95. The quantitative estimate of drug-likeness (QED) is 0.741. The van der Waals surface area contributed by atoms with Crippen molar-refractivity contribution in [3.63, 3.8) is 0 Å². The normalized spacial score (nSPS) is 24.7. The van der Waals surface area contributed by atoms with Gasteiger partial charge in [0.1, 0.15) is 5.82 Å². The number of carbonyl (C=O) groups is 1. The van der Waals surface area contributed by atoms with E-state index in [9.17, 15) is 13.2 Å². The number of nitrogens with zero attached hydrogens (tertiary/aromatic N) is 4. The zero-order valence-electron chi connectivity index (χ0n) is 12.1. The summed E-state index contributed by atoms with van der Waals surface area (Å²) in [6.45, 7) is 2.63. The van der Waals surface area contributed by atoms with Crippen molar-refractivity contribution >= 4 is 15.7 Å². The Hall–Kier alpha value is -1.41. The minimum atomic E-state index is -2.96. The van der Waals surface area contributed by atoms with Crippen molar-refractivity contribution in [1.29, 1.82) is 0 Å². The van der Waals surface area contributed by atoms with Crippen LogP contribution in [-0.2, 0) is 27.7 Å². The van der Waals surface area contributed by atoms with Crippen LogP contribution in [0.5, 0.6) is 0 Å². The number of aromatic nitrogens is 2. The zero-order chi connectivity index (χ0) is 15.0. The lowest BCUT2D eigenvalue weighted by Gasteiger charge is -2.30. The molecule has 1 aromatic heterocycles. The van der Waals surface area contributed by atoms with E-state index in [2.05, 4.69) is 14.5 Å². The van der Waals surface area contributed by atoms with E-state index in [1.165, 1.54) is 0 Å². The second-order valence-corrected chi connectivity index (χ2v) is 8.04. The van der Waals surface area contributed by atoms with Gasteiger partial charge in [-0.05, 0) is 6.42 Å². The van der Waals surface area contributed by atoms with Gasteiger partial charge in [-0.3, -0.25) is 9.69 Å². The molecule has 2 aliphatic rings. The smallest absolute Gasteiger partial charge is 0.236 e. The molecule has 1 saturated heterocycles. The molecule has 1 aromatic rings. The van der Waals surface area contributed by atoms with Gasteiger partial charge in [-0.2, -0.15) is 0 Å². The summed E-state index contributed by atoms with van der Waals surface area (Å²) in [5.41, 5.74) is 0. The van der Waals surface area contributed by atoms with Crippen LogP contribution < -0.4 is 0 Å². The molecule has 3 rings (SSSR count). The lowest BCUT2D eigenvalue weighted by Crippen LogP contribution is -2.45. The maximum atomic E-state index is 12.3. The van der Waals surface area contributed by atoms with E-state index in [-0.39, 0.29) is 23.5 Å². The van der Waals surface area contributed by atoms with Gasteiger partial charge in [0.25, 0.3) is 0 Å².